The van der Waals surface area contributed by atoms with E-state index in [4.69, 9.17) is 4.74 Å². The van der Waals surface area contributed by atoms with Crippen molar-refractivity contribution in [3.05, 3.63) is 96.0 Å². The Bertz CT molecular complexity index is 1280. The molecule has 0 spiro atoms. The van der Waals surface area contributed by atoms with Crippen LogP contribution in [0.2, 0.25) is 0 Å². The molecule has 3 aromatic carbocycles. The number of pyridine rings is 1. The van der Waals surface area contributed by atoms with Gasteiger partial charge in [0.1, 0.15) is 7.05 Å². The predicted octanol–water partition coefficient (Wildman–Crippen LogP) is 4.65. The summed E-state index contributed by atoms with van der Waals surface area (Å²) >= 11 is 0. The third-order valence-electron chi connectivity index (χ3n) is 5.70. The smallest absolute Gasteiger partial charge is 0.212 e. The van der Waals surface area contributed by atoms with Gasteiger partial charge >= 0.3 is 0 Å². The molecule has 4 heteroatoms. The number of hydrogen-bond acceptors (Lipinski definition) is 3. The van der Waals surface area contributed by atoms with Gasteiger partial charge in [0, 0.05) is 24.6 Å². The summed E-state index contributed by atoms with van der Waals surface area (Å²) in [5.41, 5.74) is 6.47. The minimum atomic E-state index is 0.0489. The molecule has 1 N–H and O–H groups in total. The van der Waals surface area contributed by atoms with Gasteiger partial charge in [0.2, 0.25) is 17.1 Å². The largest absolute Gasteiger partial charge is 0.438 e. The SMILES string of the molecule is CN1/C(=C/c2ccc3cc(CO)ccc3[n+]2C)Oc2ccc(-c3ccccc3)cc21. The Hall–Kier alpha value is -3.63. The van der Waals surface area contributed by atoms with Gasteiger partial charge in [0.25, 0.3) is 0 Å². The first kappa shape index (κ1) is 18.4. The molecule has 0 aliphatic carbocycles. The number of aliphatic hydroxyl groups excluding tert-OH is 1. The summed E-state index contributed by atoms with van der Waals surface area (Å²) in [6.45, 7) is 0.0489. The van der Waals surface area contributed by atoms with Gasteiger partial charge in [-0.15, -0.1) is 0 Å². The van der Waals surface area contributed by atoms with Gasteiger partial charge in [-0.1, -0.05) is 42.5 Å². The zero-order chi connectivity index (χ0) is 20.7. The summed E-state index contributed by atoms with van der Waals surface area (Å²) in [6, 6.07) is 26.8. The summed E-state index contributed by atoms with van der Waals surface area (Å²) in [6.07, 6.45) is 2.06. The van der Waals surface area contributed by atoms with Crippen molar-refractivity contribution >= 4 is 22.7 Å². The van der Waals surface area contributed by atoms with Crippen LogP contribution in [-0.2, 0) is 13.7 Å². The minimum absolute atomic E-state index is 0.0489. The van der Waals surface area contributed by atoms with Crippen molar-refractivity contribution < 1.29 is 14.4 Å². The molecule has 148 valence electrons. The molecule has 1 aromatic heterocycles. The van der Waals surface area contributed by atoms with E-state index in [0.29, 0.717) is 0 Å². The predicted molar refractivity (Wildman–Crippen MR) is 120 cm³/mol. The second-order valence-corrected chi connectivity index (χ2v) is 7.56. The van der Waals surface area contributed by atoms with Crippen molar-refractivity contribution in [3.63, 3.8) is 0 Å². The monoisotopic (exact) mass is 395 g/mol. The zero-order valence-electron chi connectivity index (χ0n) is 17.0. The van der Waals surface area contributed by atoms with E-state index in [0.717, 1.165) is 39.5 Å². The number of rotatable bonds is 3. The quantitative estimate of drug-likeness (QED) is 0.513. The molecule has 0 unspecified atom stereocenters. The van der Waals surface area contributed by atoms with Crippen LogP contribution in [0.3, 0.4) is 0 Å². The highest BCUT2D eigenvalue weighted by Gasteiger charge is 2.25. The number of nitrogens with zero attached hydrogens (tertiary/aromatic N) is 2. The number of benzene rings is 3. The lowest BCUT2D eigenvalue weighted by Crippen LogP contribution is -2.33. The van der Waals surface area contributed by atoms with Crippen molar-refractivity contribution in [3.8, 4) is 16.9 Å². The van der Waals surface area contributed by atoms with Crippen LogP contribution in [-0.4, -0.2) is 12.2 Å². The van der Waals surface area contributed by atoms with Crippen LogP contribution in [0.1, 0.15) is 11.3 Å². The third-order valence-corrected chi connectivity index (χ3v) is 5.70. The van der Waals surface area contributed by atoms with E-state index in [-0.39, 0.29) is 6.61 Å². The van der Waals surface area contributed by atoms with Crippen LogP contribution in [0.25, 0.3) is 28.1 Å². The van der Waals surface area contributed by atoms with Gasteiger partial charge in [0.05, 0.1) is 18.4 Å². The number of anilines is 1. The molecule has 0 fully saturated rings. The molecule has 0 amide bonds. The highest BCUT2D eigenvalue weighted by atomic mass is 16.5. The van der Waals surface area contributed by atoms with E-state index in [1.54, 1.807) is 0 Å². The standard InChI is InChI=1S/C26H23N2O2/c1-27-22(11-9-21-14-18(17-29)8-12-23(21)27)16-26-28(2)24-15-20(10-13-25(24)30-26)19-6-4-3-5-7-19/h3-16,29H,17H2,1-2H3/q+1. The molecule has 30 heavy (non-hydrogen) atoms. The second-order valence-electron chi connectivity index (χ2n) is 7.56. The Morgan fingerprint density at radius 3 is 2.57 bits per heavy atom. The average Bonchev–Trinajstić information content (AvgIpc) is 3.10. The molecular formula is C26H23N2O2+. The lowest BCUT2D eigenvalue weighted by atomic mass is 10.0. The number of aryl methyl sites for hydroxylation is 1. The van der Waals surface area contributed by atoms with Crippen molar-refractivity contribution in [1.82, 2.24) is 0 Å². The van der Waals surface area contributed by atoms with E-state index < -0.39 is 0 Å². The lowest BCUT2D eigenvalue weighted by molar-refractivity contribution is -0.646. The van der Waals surface area contributed by atoms with Crippen LogP contribution in [0.4, 0.5) is 5.69 Å². The van der Waals surface area contributed by atoms with Gasteiger partial charge < -0.3 is 14.7 Å². The van der Waals surface area contributed by atoms with Gasteiger partial charge in [-0.2, -0.15) is 4.57 Å². The van der Waals surface area contributed by atoms with Gasteiger partial charge in [-0.05, 0) is 41.0 Å². The zero-order valence-corrected chi connectivity index (χ0v) is 17.0. The molecule has 0 saturated carbocycles. The second kappa shape index (κ2) is 7.32. The topological polar surface area (TPSA) is 36.6 Å². The maximum atomic E-state index is 9.38. The molecule has 0 saturated heterocycles. The number of hydrogen-bond donors (Lipinski definition) is 1. The summed E-state index contributed by atoms with van der Waals surface area (Å²) in [4.78, 5) is 2.08. The molecule has 4 nitrogen and oxygen atoms in total. The van der Waals surface area contributed by atoms with Gasteiger partial charge in [-0.25, -0.2) is 0 Å². The maximum Gasteiger partial charge on any atom is 0.212 e. The van der Waals surface area contributed by atoms with Gasteiger partial charge in [-0.3, -0.25) is 0 Å². The Morgan fingerprint density at radius 1 is 0.933 bits per heavy atom. The summed E-state index contributed by atoms with van der Waals surface area (Å²) in [7, 11) is 4.07. The molecule has 0 radical (unpaired) electrons. The van der Waals surface area contributed by atoms with Crippen LogP contribution in [0.5, 0.6) is 5.75 Å². The Morgan fingerprint density at radius 2 is 1.77 bits per heavy atom. The van der Waals surface area contributed by atoms with Crippen molar-refractivity contribution in [2.45, 2.75) is 6.61 Å². The highest BCUT2D eigenvalue weighted by Crippen LogP contribution is 2.41. The van der Waals surface area contributed by atoms with Crippen LogP contribution < -0.4 is 14.2 Å². The minimum Gasteiger partial charge on any atom is -0.438 e. The van der Waals surface area contributed by atoms with Crippen LogP contribution >= 0.6 is 0 Å². The van der Waals surface area contributed by atoms with E-state index in [9.17, 15) is 5.11 Å². The van der Waals surface area contributed by atoms with Crippen molar-refractivity contribution in [2.75, 3.05) is 11.9 Å². The van der Waals surface area contributed by atoms with Crippen molar-refractivity contribution in [2.24, 2.45) is 7.05 Å². The lowest BCUT2D eigenvalue weighted by Gasteiger charge is -2.12. The summed E-state index contributed by atoms with van der Waals surface area (Å²) < 4.78 is 8.30. The van der Waals surface area contributed by atoms with Gasteiger partial charge in [0.15, 0.2) is 5.75 Å². The van der Waals surface area contributed by atoms with Crippen LogP contribution in [0.15, 0.2) is 84.7 Å². The van der Waals surface area contributed by atoms with E-state index >= 15 is 0 Å². The molecule has 1 aliphatic heterocycles. The first-order valence-corrected chi connectivity index (χ1v) is 9.99. The number of aromatic nitrogens is 1. The van der Waals surface area contributed by atoms with Crippen LogP contribution in [0, 0.1) is 0 Å². The summed E-state index contributed by atoms with van der Waals surface area (Å²) in [5, 5.41) is 10.5. The molecule has 0 atom stereocenters. The van der Waals surface area contributed by atoms with E-state index in [1.807, 2.05) is 44.4 Å². The third kappa shape index (κ3) is 3.11. The normalized spacial score (nSPS) is 14.2. The Kier molecular flexibility index (Phi) is 4.49. The van der Waals surface area contributed by atoms with E-state index in [1.165, 1.54) is 11.1 Å². The highest BCUT2D eigenvalue weighted by molar-refractivity contribution is 5.79. The Labute approximate surface area is 175 Å². The molecule has 1 aliphatic rings. The summed E-state index contributed by atoms with van der Waals surface area (Å²) in [5.74, 6) is 1.65. The number of aliphatic hydroxyl groups is 1. The fraction of sp³-hybridized carbons (Fsp3) is 0.115. The molecule has 2 heterocycles. The molecule has 5 rings (SSSR count). The molecule has 4 aromatic rings. The fourth-order valence-corrected chi connectivity index (χ4v) is 3.94. The first-order chi connectivity index (χ1) is 14.6. The number of ether oxygens (including phenoxy) is 1. The Balaban J connectivity index is 1.51. The maximum absolute atomic E-state index is 9.38. The average molecular weight is 395 g/mol. The first-order valence-electron chi connectivity index (χ1n) is 9.99. The number of fused-ring (bicyclic) bond motifs is 2. The fourth-order valence-electron chi connectivity index (χ4n) is 3.94. The van der Waals surface area contributed by atoms with E-state index in [2.05, 4.69) is 64.1 Å². The molecular weight excluding hydrogens is 372 g/mol. The molecule has 0 bridgehead atoms. The van der Waals surface area contributed by atoms with Crippen molar-refractivity contribution in [1.29, 1.82) is 0 Å².